The maximum absolute atomic E-state index is 11.4. The van der Waals surface area contributed by atoms with E-state index < -0.39 is 11.9 Å². The minimum atomic E-state index is -0.864. The first kappa shape index (κ1) is 14.7. The summed E-state index contributed by atoms with van der Waals surface area (Å²) in [5, 5.41) is 8.87. The SMILES string of the molecule is CCOC(=O)C(C#N)C=NC[C@H]1CCC[NH+]1CC. The first-order valence-corrected chi connectivity index (χ1v) is 6.63. The average molecular weight is 252 g/mol. The summed E-state index contributed by atoms with van der Waals surface area (Å²) < 4.78 is 4.80. The molecule has 0 aliphatic carbocycles. The highest BCUT2D eigenvalue weighted by atomic mass is 16.5. The first-order chi connectivity index (χ1) is 8.72. The highest BCUT2D eigenvalue weighted by Crippen LogP contribution is 2.01. The van der Waals surface area contributed by atoms with E-state index in [9.17, 15) is 4.79 Å². The van der Waals surface area contributed by atoms with Crippen molar-refractivity contribution in [1.29, 1.82) is 5.26 Å². The lowest BCUT2D eigenvalue weighted by molar-refractivity contribution is -0.908. The zero-order chi connectivity index (χ0) is 13.4. The van der Waals surface area contributed by atoms with Crippen molar-refractivity contribution in [1.82, 2.24) is 0 Å². The van der Waals surface area contributed by atoms with Gasteiger partial charge in [-0.2, -0.15) is 5.26 Å². The summed E-state index contributed by atoms with van der Waals surface area (Å²) in [6.07, 6.45) is 3.85. The van der Waals surface area contributed by atoms with Crippen molar-refractivity contribution in [3.63, 3.8) is 0 Å². The van der Waals surface area contributed by atoms with Crippen molar-refractivity contribution < 1.29 is 14.4 Å². The Kier molecular flexibility index (Phi) is 6.37. The molecule has 2 unspecified atom stereocenters. The van der Waals surface area contributed by atoms with E-state index in [4.69, 9.17) is 10.00 Å². The Balaban J connectivity index is 2.43. The lowest BCUT2D eigenvalue weighted by atomic mass is 10.2. The Morgan fingerprint density at radius 1 is 1.67 bits per heavy atom. The number of nitrogens with one attached hydrogen (secondary N) is 1. The Labute approximate surface area is 108 Å². The van der Waals surface area contributed by atoms with Crippen LogP contribution < -0.4 is 4.90 Å². The summed E-state index contributed by atoms with van der Waals surface area (Å²) in [5.74, 6) is -1.37. The fourth-order valence-electron chi connectivity index (χ4n) is 2.34. The lowest BCUT2D eigenvalue weighted by Gasteiger charge is -2.17. The summed E-state index contributed by atoms with van der Waals surface area (Å²) in [6, 6.07) is 2.44. The second-order valence-corrected chi connectivity index (χ2v) is 4.47. The van der Waals surface area contributed by atoms with Crippen molar-refractivity contribution >= 4 is 12.2 Å². The van der Waals surface area contributed by atoms with Crippen LogP contribution in [0.25, 0.3) is 0 Å². The largest absolute Gasteiger partial charge is 0.465 e. The molecule has 0 saturated carbocycles. The number of esters is 1. The minimum Gasteiger partial charge on any atom is -0.465 e. The molecule has 1 aliphatic rings. The van der Waals surface area contributed by atoms with Gasteiger partial charge in [0.15, 0.2) is 5.92 Å². The maximum Gasteiger partial charge on any atom is 0.328 e. The number of nitriles is 1. The highest BCUT2D eigenvalue weighted by Gasteiger charge is 2.26. The van der Waals surface area contributed by atoms with Crippen LogP contribution in [0, 0.1) is 17.2 Å². The summed E-state index contributed by atoms with van der Waals surface area (Å²) in [5.41, 5.74) is 0. The van der Waals surface area contributed by atoms with Crippen LogP contribution >= 0.6 is 0 Å². The van der Waals surface area contributed by atoms with Gasteiger partial charge in [0.2, 0.25) is 0 Å². The Morgan fingerprint density at radius 3 is 3.06 bits per heavy atom. The normalized spacial score (nSPS) is 24.9. The molecule has 5 nitrogen and oxygen atoms in total. The van der Waals surface area contributed by atoms with Crippen LogP contribution in [0.15, 0.2) is 4.99 Å². The number of ether oxygens (including phenoxy) is 1. The van der Waals surface area contributed by atoms with Crippen molar-refractivity contribution in [2.45, 2.75) is 32.7 Å². The van der Waals surface area contributed by atoms with Gasteiger partial charge in [0.05, 0.1) is 32.3 Å². The van der Waals surface area contributed by atoms with E-state index in [2.05, 4.69) is 11.9 Å². The van der Waals surface area contributed by atoms with Gasteiger partial charge in [-0.1, -0.05) is 0 Å². The highest BCUT2D eigenvalue weighted by molar-refractivity contribution is 5.92. The molecule has 1 saturated heterocycles. The van der Waals surface area contributed by atoms with Crippen LogP contribution in [0.2, 0.25) is 0 Å². The molecular weight excluding hydrogens is 230 g/mol. The summed E-state index contributed by atoms with van der Waals surface area (Å²) >= 11 is 0. The third-order valence-electron chi connectivity index (χ3n) is 3.34. The number of nitrogens with zero attached hydrogens (tertiary/aromatic N) is 2. The fraction of sp³-hybridized carbons (Fsp3) is 0.769. The molecular formula is C13H22N3O2+. The van der Waals surface area contributed by atoms with Crippen LogP contribution in [0.3, 0.4) is 0 Å². The van der Waals surface area contributed by atoms with E-state index in [0.717, 1.165) is 6.54 Å². The molecule has 0 radical (unpaired) electrons. The molecule has 1 aliphatic heterocycles. The van der Waals surface area contributed by atoms with E-state index in [1.54, 1.807) is 11.8 Å². The van der Waals surface area contributed by atoms with E-state index in [-0.39, 0.29) is 0 Å². The molecule has 1 rings (SSSR count). The molecule has 3 atom stereocenters. The van der Waals surface area contributed by atoms with E-state index in [1.165, 1.54) is 25.6 Å². The molecule has 0 aromatic carbocycles. The summed E-state index contributed by atoms with van der Waals surface area (Å²) in [7, 11) is 0. The van der Waals surface area contributed by atoms with Crippen LogP contribution in [0.1, 0.15) is 26.7 Å². The smallest absolute Gasteiger partial charge is 0.328 e. The third kappa shape index (κ3) is 4.11. The van der Waals surface area contributed by atoms with Crippen molar-refractivity contribution in [2.24, 2.45) is 10.9 Å². The molecule has 0 spiro atoms. The lowest BCUT2D eigenvalue weighted by Crippen LogP contribution is -3.13. The number of hydrogen-bond acceptors (Lipinski definition) is 4. The summed E-state index contributed by atoms with van der Waals surface area (Å²) in [4.78, 5) is 17.2. The zero-order valence-electron chi connectivity index (χ0n) is 11.2. The number of rotatable bonds is 6. The minimum absolute atomic E-state index is 0.293. The number of likely N-dealkylation sites (tertiary alicyclic amines) is 1. The first-order valence-electron chi connectivity index (χ1n) is 6.63. The number of likely N-dealkylation sites (N-methyl/N-ethyl adjacent to an activating group) is 1. The molecule has 1 heterocycles. The number of quaternary nitrogens is 1. The number of hydrogen-bond donors (Lipinski definition) is 1. The van der Waals surface area contributed by atoms with E-state index in [1.807, 2.05) is 6.07 Å². The number of carbonyl (C=O) groups excluding carboxylic acids is 1. The Bertz CT molecular complexity index is 336. The molecule has 0 aromatic rings. The molecule has 1 fully saturated rings. The van der Waals surface area contributed by atoms with Gasteiger partial charge in [0.25, 0.3) is 0 Å². The van der Waals surface area contributed by atoms with Crippen molar-refractivity contribution in [3.05, 3.63) is 0 Å². The van der Waals surface area contributed by atoms with Crippen LogP contribution in [-0.2, 0) is 9.53 Å². The number of aliphatic imine (C=N–C) groups is 1. The predicted molar refractivity (Wildman–Crippen MR) is 68.5 cm³/mol. The molecule has 18 heavy (non-hydrogen) atoms. The van der Waals surface area contributed by atoms with Gasteiger partial charge in [0, 0.05) is 19.1 Å². The maximum atomic E-state index is 11.4. The quantitative estimate of drug-likeness (QED) is 0.527. The topological polar surface area (TPSA) is 66.9 Å². The van der Waals surface area contributed by atoms with Crippen LogP contribution in [0.5, 0.6) is 0 Å². The van der Waals surface area contributed by atoms with E-state index in [0.29, 0.717) is 19.2 Å². The molecule has 1 N–H and O–H groups in total. The summed E-state index contributed by atoms with van der Waals surface area (Å²) in [6.45, 7) is 7.20. The van der Waals surface area contributed by atoms with Gasteiger partial charge in [-0.3, -0.25) is 9.79 Å². The van der Waals surface area contributed by atoms with Crippen molar-refractivity contribution in [3.8, 4) is 6.07 Å². The monoisotopic (exact) mass is 252 g/mol. The van der Waals surface area contributed by atoms with Crippen LogP contribution in [0.4, 0.5) is 0 Å². The Hall–Kier alpha value is -1.41. The van der Waals surface area contributed by atoms with Gasteiger partial charge in [-0.25, -0.2) is 0 Å². The predicted octanol–water partition coefficient (Wildman–Crippen LogP) is -0.173. The molecule has 0 aromatic heterocycles. The second kappa shape index (κ2) is 7.83. The third-order valence-corrected chi connectivity index (χ3v) is 3.34. The zero-order valence-corrected chi connectivity index (χ0v) is 11.2. The van der Waals surface area contributed by atoms with Crippen LogP contribution in [-0.4, -0.2) is 44.5 Å². The molecule has 5 heteroatoms. The fourth-order valence-corrected chi connectivity index (χ4v) is 2.34. The van der Waals surface area contributed by atoms with E-state index >= 15 is 0 Å². The standard InChI is InChI=1S/C13H21N3O2/c1-3-16-7-5-6-12(16)10-15-9-11(8-14)13(17)18-4-2/h9,11-12H,3-7,10H2,1-2H3/p+1/t11?,12-/m1/s1. The molecule has 100 valence electrons. The Morgan fingerprint density at radius 2 is 2.44 bits per heavy atom. The number of carbonyl (C=O) groups is 1. The van der Waals surface area contributed by atoms with Gasteiger partial charge < -0.3 is 9.64 Å². The van der Waals surface area contributed by atoms with Gasteiger partial charge >= 0.3 is 5.97 Å². The average Bonchev–Trinajstić information content (AvgIpc) is 2.82. The van der Waals surface area contributed by atoms with Gasteiger partial charge in [-0.15, -0.1) is 0 Å². The van der Waals surface area contributed by atoms with Gasteiger partial charge in [-0.05, 0) is 13.8 Å². The van der Waals surface area contributed by atoms with Gasteiger partial charge in [0.1, 0.15) is 6.04 Å². The molecule has 0 bridgehead atoms. The van der Waals surface area contributed by atoms with Crippen molar-refractivity contribution in [2.75, 3.05) is 26.2 Å². The molecule has 0 amide bonds. The second-order valence-electron chi connectivity index (χ2n) is 4.47.